The number of aliphatic hydroxyl groups excluding tert-OH is 1. The topological polar surface area (TPSA) is 107 Å². The third-order valence-corrected chi connectivity index (χ3v) is 7.43. The molecular weight excluding hydrogens is 476 g/mol. The summed E-state index contributed by atoms with van der Waals surface area (Å²) in [5, 5.41) is 15.5. The number of hydrogen-bond acceptors (Lipinski definition) is 7. The molecule has 0 aromatic carbocycles. The molecule has 2 aliphatic rings. The van der Waals surface area contributed by atoms with E-state index in [-0.39, 0.29) is 6.04 Å². The molecule has 1 saturated heterocycles. The first-order valence-corrected chi connectivity index (χ1v) is 12.6. The van der Waals surface area contributed by atoms with E-state index in [9.17, 15) is 5.11 Å². The van der Waals surface area contributed by atoms with Gasteiger partial charge < -0.3 is 24.7 Å². The highest BCUT2D eigenvalue weighted by atomic mass is 35.5. The fourth-order valence-corrected chi connectivity index (χ4v) is 5.30. The zero-order chi connectivity index (χ0) is 24.2. The van der Waals surface area contributed by atoms with Crippen molar-refractivity contribution in [3.05, 3.63) is 77.2 Å². The molecule has 0 amide bonds. The number of anilines is 2. The van der Waals surface area contributed by atoms with Crippen molar-refractivity contribution < 1.29 is 5.11 Å². The number of hydrogen-bond donors (Lipinski definition) is 3. The summed E-state index contributed by atoms with van der Waals surface area (Å²) in [4.78, 5) is 23.4. The molecule has 182 valence electrons. The van der Waals surface area contributed by atoms with Gasteiger partial charge in [-0.1, -0.05) is 17.7 Å². The van der Waals surface area contributed by atoms with Crippen LogP contribution in [0.25, 0.3) is 16.7 Å². The maximum absolute atomic E-state index is 10.5. The number of nitrogens with zero attached hydrogens (tertiary/aromatic N) is 6. The van der Waals surface area contributed by atoms with Crippen LogP contribution in [0.15, 0.2) is 55.4 Å². The van der Waals surface area contributed by atoms with Crippen LogP contribution in [-0.2, 0) is 6.54 Å². The molecule has 5 aromatic rings. The summed E-state index contributed by atoms with van der Waals surface area (Å²) in [7, 11) is 0. The number of H-pyrrole nitrogens is 1. The van der Waals surface area contributed by atoms with E-state index < -0.39 is 6.10 Å². The van der Waals surface area contributed by atoms with Crippen LogP contribution in [0.4, 0.5) is 11.6 Å². The van der Waals surface area contributed by atoms with E-state index in [4.69, 9.17) is 16.6 Å². The quantitative estimate of drug-likeness (QED) is 0.316. The summed E-state index contributed by atoms with van der Waals surface area (Å²) in [6.07, 6.45) is 12.1. The molecule has 7 rings (SSSR count). The van der Waals surface area contributed by atoms with Crippen LogP contribution in [0.1, 0.15) is 48.0 Å². The molecule has 10 heteroatoms. The Morgan fingerprint density at radius 3 is 2.94 bits per heavy atom. The van der Waals surface area contributed by atoms with Crippen molar-refractivity contribution in [2.45, 2.75) is 43.9 Å². The number of β-amino-alcohol motifs (C(OH)–C–C–N with tert-alkyl or cyclic N) is 1. The molecule has 1 saturated carbocycles. The number of imidazole rings is 1. The van der Waals surface area contributed by atoms with Crippen molar-refractivity contribution in [3.63, 3.8) is 0 Å². The monoisotopic (exact) mass is 500 g/mol. The Kier molecular flexibility index (Phi) is 5.07. The number of halogens is 1. The molecular formula is C26H25ClN8O. The lowest BCUT2D eigenvalue weighted by molar-refractivity contribution is 0.194. The molecule has 1 aliphatic heterocycles. The molecule has 36 heavy (non-hydrogen) atoms. The Morgan fingerprint density at radius 2 is 2.06 bits per heavy atom. The van der Waals surface area contributed by atoms with Gasteiger partial charge >= 0.3 is 0 Å². The van der Waals surface area contributed by atoms with Gasteiger partial charge in [0.05, 0.1) is 22.9 Å². The predicted octanol–water partition coefficient (Wildman–Crippen LogP) is 4.46. The summed E-state index contributed by atoms with van der Waals surface area (Å²) in [6, 6.07) is 8.15. The highest BCUT2D eigenvalue weighted by Crippen LogP contribution is 2.40. The zero-order valence-electron chi connectivity index (χ0n) is 19.5. The molecule has 2 fully saturated rings. The van der Waals surface area contributed by atoms with Crippen LogP contribution in [0.2, 0.25) is 5.02 Å². The minimum absolute atomic E-state index is 0.0608. The molecule has 0 spiro atoms. The Morgan fingerprint density at radius 1 is 1.14 bits per heavy atom. The number of aromatic amines is 1. The second kappa shape index (κ2) is 8.46. The number of aromatic nitrogens is 6. The van der Waals surface area contributed by atoms with E-state index in [0.717, 1.165) is 33.8 Å². The van der Waals surface area contributed by atoms with Gasteiger partial charge in [-0.3, -0.25) is 0 Å². The minimum atomic E-state index is -0.447. The van der Waals surface area contributed by atoms with Crippen LogP contribution in [0, 0.1) is 0 Å². The lowest BCUT2D eigenvalue weighted by atomic mass is 10.1. The highest BCUT2D eigenvalue weighted by Gasteiger charge is 2.35. The molecule has 0 radical (unpaired) electrons. The first-order valence-electron chi connectivity index (χ1n) is 12.2. The van der Waals surface area contributed by atoms with Gasteiger partial charge in [0, 0.05) is 55.8 Å². The van der Waals surface area contributed by atoms with E-state index in [1.54, 1.807) is 12.5 Å². The van der Waals surface area contributed by atoms with E-state index in [1.807, 2.05) is 18.3 Å². The molecule has 3 N–H and O–H groups in total. The van der Waals surface area contributed by atoms with Crippen LogP contribution in [0.5, 0.6) is 0 Å². The number of aliphatic hydroxyl groups is 1. The third-order valence-electron chi connectivity index (χ3n) is 7.12. The van der Waals surface area contributed by atoms with Crippen molar-refractivity contribution in [1.82, 2.24) is 29.3 Å². The summed E-state index contributed by atoms with van der Waals surface area (Å²) < 4.78 is 2.11. The molecule has 2 atom stereocenters. The van der Waals surface area contributed by atoms with E-state index >= 15 is 0 Å². The van der Waals surface area contributed by atoms with E-state index in [2.05, 4.69) is 59.1 Å². The average molecular weight is 501 g/mol. The lowest BCUT2D eigenvalue weighted by Gasteiger charge is -2.24. The minimum Gasteiger partial charge on any atom is -0.391 e. The highest BCUT2D eigenvalue weighted by molar-refractivity contribution is 6.35. The molecule has 1 unspecified atom stereocenters. The first-order chi connectivity index (χ1) is 17.6. The molecule has 1 aliphatic carbocycles. The number of nitrogens with one attached hydrogen (secondary N) is 2. The third kappa shape index (κ3) is 3.94. The van der Waals surface area contributed by atoms with Gasteiger partial charge in [-0.05, 0) is 42.0 Å². The fraction of sp³-hybridized carbons (Fsp3) is 0.308. The van der Waals surface area contributed by atoms with Crippen molar-refractivity contribution >= 4 is 39.9 Å². The first kappa shape index (κ1) is 21.6. The maximum atomic E-state index is 10.5. The SMILES string of the molecule is O[C@@H]1CC(c2cn3cc(C4CC4)ccc3n2)N(c2cc(NCc3cnc4[nH]cc(Cl)c4c3)ncn2)C1. The average Bonchev–Trinajstić information content (AvgIpc) is 3.39. The van der Waals surface area contributed by atoms with Crippen molar-refractivity contribution in [2.75, 3.05) is 16.8 Å². The van der Waals surface area contributed by atoms with E-state index in [1.165, 1.54) is 18.4 Å². The maximum Gasteiger partial charge on any atom is 0.138 e. The summed E-state index contributed by atoms with van der Waals surface area (Å²) >= 11 is 6.24. The van der Waals surface area contributed by atoms with E-state index in [0.29, 0.717) is 36.3 Å². The van der Waals surface area contributed by atoms with Crippen LogP contribution >= 0.6 is 11.6 Å². The second-order valence-electron chi connectivity index (χ2n) is 9.72. The van der Waals surface area contributed by atoms with Crippen molar-refractivity contribution in [1.29, 1.82) is 0 Å². The van der Waals surface area contributed by atoms with Crippen LogP contribution < -0.4 is 10.2 Å². The zero-order valence-corrected chi connectivity index (χ0v) is 20.2. The Balaban J connectivity index is 1.12. The van der Waals surface area contributed by atoms with Gasteiger partial charge in [-0.25, -0.2) is 19.9 Å². The number of fused-ring (bicyclic) bond motifs is 2. The van der Waals surface area contributed by atoms with Gasteiger partial charge in [-0.15, -0.1) is 0 Å². The fourth-order valence-electron chi connectivity index (χ4n) is 5.10. The molecule has 5 aromatic heterocycles. The second-order valence-corrected chi connectivity index (χ2v) is 10.1. The molecule has 9 nitrogen and oxygen atoms in total. The summed E-state index contributed by atoms with van der Waals surface area (Å²) in [5.74, 6) is 2.14. The lowest BCUT2D eigenvalue weighted by Crippen LogP contribution is -2.25. The largest absolute Gasteiger partial charge is 0.391 e. The van der Waals surface area contributed by atoms with Crippen molar-refractivity contribution in [2.24, 2.45) is 0 Å². The van der Waals surface area contributed by atoms with Gasteiger partial charge in [0.2, 0.25) is 0 Å². The standard InChI is InChI=1S/C26H25ClN8O/c27-20-10-30-26-19(20)5-15(9-29-26)8-28-23-7-25(32-14-31-23)35-12-18(36)6-22(35)21-13-34-11-17(16-1-2-16)3-4-24(34)33-21/h3-5,7,9-11,13-14,16,18,22,36H,1-2,6,8,12H2,(H,29,30)(H,28,31,32)/t18-,22?/m1/s1. The van der Waals surface area contributed by atoms with Gasteiger partial charge in [-0.2, -0.15) is 0 Å². The van der Waals surface area contributed by atoms with Gasteiger partial charge in [0.25, 0.3) is 0 Å². The van der Waals surface area contributed by atoms with Crippen molar-refractivity contribution in [3.8, 4) is 0 Å². The summed E-state index contributed by atoms with van der Waals surface area (Å²) in [5.41, 5.74) is 5.00. The normalized spacial score (nSPS) is 20.0. The predicted molar refractivity (Wildman–Crippen MR) is 138 cm³/mol. The molecule has 6 heterocycles. The van der Waals surface area contributed by atoms with Crippen LogP contribution in [-0.4, -0.2) is 47.1 Å². The van der Waals surface area contributed by atoms with Gasteiger partial charge in [0.1, 0.15) is 29.3 Å². The van der Waals surface area contributed by atoms with Crippen LogP contribution in [0.3, 0.4) is 0 Å². The van der Waals surface area contributed by atoms with Gasteiger partial charge in [0.15, 0.2) is 0 Å². The number of rotatable bonds is 6. The summed E-state index contributed by atoms with van der Waals surface area (Å²) in [6.45, 7) is 1.04. The Labute approximate surface area is 212 Å². The smallest absolute Gasteiger partial charge is 0.138 e. The Bertz CT molecular complexity index is 1580. The molecule has 0 bridgehead atoms. The number of pyridine rings is 2. The Hall–Kier alpha value is -3.69.